The van der Waals surface area contributed by atoms with Crippen molar-refractivity contribution in [2.45, 2.75) is 19.1 Å². The molecule has 2 atom stereocenters. The summed E-state index contributed by atoms with van der Waals surface area (Å²) in [5, 5.41) is 8.75. The Morgan fingerprint density at radius 1 is 1.15 bits per heavy atom. The predicted octanol–water partition coefficient (Wildman–Crippen LogP) is 3.16. The van der Waals surface area contributed by atoms with Crippen molar-refractivity contribution in [1.82, 2.24) is 0 Å². The van der Waals surface area contributed by atoms with E-state index in [1.54, 1.807) is 49.4 Å². The topological polar surface area (TPSA) is 59.0 Å². The van der Waals surface area contributed by atoms with Crippen LogP contribution in [0, 0.1) is 17.1 Å². The van der Waals surface area contributed by atoms with E-state index in [0.717, 1.165) is 0 Å². The van der Waals surface area contributed by atoms with E-state index in [0.29, 0.717) is 16.9 Å². The zero-order valence-corrected chi connectivity index (χ0v) is 11.1. The smallest absolute Gasteiger partial charge is 0.141 e. The molecule has 0 aromatic heterocycles. The maximum atomic E-state index is 13.8. The third kappa shape index (κ3) is 3.14. The van der Waals surface area contributed by atoms with Gasteiger partial charge in [-0.25, -0.2) is 4.39 Å². The third-order valence-electron chi connectivity index (χ3n) is 2.94. The first-order valence-electron chi connectivity index (χ1n) is 6.28. The van der Waals surface area contributed by atoms with Crippen LogP contribution in [0.2, 0.25) is 0 Å². The normalized spacial score (nSPS) is 13.3. The van der Waals surface area contributed by atoms with Gasteiger partial charge in [-0.1, -0.05) is 18.2 Å². The van der Waals surface area contributed by atoms with Crippen LogP contribution >= 0.6 is 0 Å². The Morgan fingerprint density at radius 2 is 1.80 bits per heavy atom. The summed E-state index contributed by atoms with van der Waals surface area (Å²) in [6.07, 6.45) is -0.580. The number of nitrogens with two attached hydrogens (primary N) is 1. The highest BCUT2D eigenvalue weighted by molar-refractivity contribution is 5.35. The molecule has 0 aliphatic rings. The summed E-state index contributed by atoms with van der Waals surface area (Å²) in [5.74, 6) is 0.206. The first-order chi connectivity index (χ1) is 9.61. The summed E-state index contributed by atoms with van der Waals surface area (Å²) >= 11 is 0. The van der Waals surface area contributed by atoms with E-state index in [1.807, 2.05) is 6.07 Å². The van der Waals surface area contributed by atoms with E-state index < -0.39 is 6.10 Å². The number of nitrogens with zero attached hydrogens (tertiary/aromatic N) is 1. The molecule has 2 aromatic carbocycles. The minimum absolute atomic E-state index is 0.344. The van der Waals surface area contributed by atoms with Gasteiger partial charge in [-0.15, -0.1) is 0 Å². The van der Waals surface area contributed by atoms with Gasteiger partial charge in [-0.05, 0) is 37.3 Å². The van der Waals surface area contributed by atoms with Crippen molar-refractivity contribution in [3.63, 3.8) is 0 Å². The summed E-state index contributed by atoms with van der Waals surface area (Å²) < 4.78 is 19.6. The standard InChI is InChI=1S/C16H15FN2O/c1-11(19)16(14-4-2-3-5-15(14)17)20-13-8-6-12(10-18)7-9-13/h2-9,11,16H,19H2,1H3. The lowest BCUT2D eigenvalue weighted by atomic mass is 10.0. The molecule has 0 radical (unpaired) electrons. The summed E-state index contributed by atoms with van der Waals surface area (Å²) in [7, 11) is 0. The number of hydrogen-bond acceptors (Lipinski definition) is 3. The monoisotopic (exact) mass is 270 g/mol. The van der Waals surface area contributed by atoms with Gasteiger partial charge >= 0.3 is 0 Å². The highest BCUT2D eigenvalue weighted by Crippen LogP contribution is 2.26. The van der Waals surface area contributed by atoms with Gasteiger partial charge in [0.2, 0.25) is 0 Å². The minimum Gasteiger partial charge on any atom is -0.484 e. The van der Waals surface area contributed by atoms with Crippen molar-refractivity contribution in [2.24, 2.45) is 5.73 Å². The summed E-state index contributed by atoms with van der Waals surface area (Å²) in [5.41, 5.74) is 6.86. The van der Waals surface area contributed by atoms with Crippen molar-refractivity contribution in [2.75, 3.05) is 0 Å². The SMILES string of the molecule is CC(N)C(Oc1ccc(C#N)cc1)c1ccccc1F. The van der Waals surface area contributed by atoms with Crippen LogP contribution in [-0.2, 0) is 0 Å². The van der Waals surface area contributed by atoms with Crippen LogP contribution in [0.5, 0.6) is 5.75 Å². The van der Waals surface area contributed by atoms with Crippen LogP contribution in [0.3, 0.4) is 0 Å². The molecule has 4 heteroatoms. The van der Waals surface area contributed by atoms with Gasteiger partial charge in [-0.2, -0.15) is 5.26 Å². The Kier molecular flexibility index (Phi) is 4.34. The number of hydrogen-bond donors (Lipinski definition) is 1. The zero-order chi connectivity index (χ0) is 14.5. The van der Waals surface area contributed by atoms with E-state index in [9.17, 15) is 4.39 Å². The highest BCUT2D eigenvalue weighted by atomic mass is 19.1. The van der Waals surface area contributed by atoms with Crippen LogP contribution in [0.25, 0.3) is 0 Å². The molecule has 0 heterocycles. The van der Waals surface area contributed by atoms with Crippen molar-refractivity contribution < 1.29 is 9.13 Å². The summed E-state index contributed by atoms with van der Waals surface area (Å²) in [6, 6.07) is 14.7. The van der Waals surface area contributed by atoms with E-state index >= 15 is 0 Å². The average Bonchev–Trinajstić information content (AvgIpc) is 2.46. The maximum absolute atomic E-state index is 13.8. The molecule has 0 bridgehead atoms. The molecule has 2 N–H and O–H groups in total. The van der Waals surface area contributed by atoms with Crippen molar-refractivity contribution in [3.8, 4) is 11.8 Å². The number of halogens is 1. The Balaban J connectivity index is 2.26. The van der Waals surface area contributed by atoms with Crippen molar-refractivity contribution >= 4 is 0 Å². The van der Waals surface area contributed by atoms with E-state index in [1.165, 1.54) is 6.07 Å². The van der Waals surface area contributed by atoms with E-state index in [4.69, 9.17) is 15.7 Å². The molecule has 0 aliphatic heterocycles. The maximum Gasteiger partial charge on any atom is 0.141 e. The molecule has 0 fully saturated rings. The Bertz CT molecular complexity index is 617. The lowest BCUT2D eigenvalue weighted by Gasteiger charge is -2.23. The fourth-order valence-corrected chi connectivity index (χ4v) is 1.91. The molecule has 2 rings (SSSR count). The minimum atomic E-state index is -0.580. The van der Waals surface area contributed by atoms with Crippen LogP contribution in [0.15, 0.2) is 48.5 Å². The average molecular weight is 270 g/mol. The first kappa shape index (κ1) is 14.0. The van der Waals surface area contributed by atoms with Crippen molar-refractivity contribution in [1.29, 1.82) is 5.26 Å². The second-order valence-corrected chi connectivity index (χ2v) is 4.56. The highest BCUT2D eigenvalue weighted by Gasteiger charge is 2.21. The third-order valence-corrected chi connectivity index (χ3v) is 2.94. The fraction of sp³-hybridized carbons (Fsp3) is 0.188. The van der Waals surface area contributed by atoms with Gasteiger partial charge in [0.1, 0.15) is 17.7 Å². The number of rotatable bonds is 4. The largest absolute Gasteiger partial charge is 0.484 e. The molecule has 20 heavy (non-hydrogen) atoms. The number of nitriles is 1. The first-order valence-corrected chi connectivity index (χ1v) is 6.28. The molecule has 0 spiro atoms. The molecule has 2 aromatic rings. The van der Waals surface area contributed by atoms with E-state index in [2.05, 4.69) is 0 Å². The Labute approximate surface area is 117 Å². The summed E-state index contributed by atoms with van der Waals surface area (Å²) in [4.78, 5) is 0. The van der Waals surface area contributed by atoms with Gasteiger partial charge in [0.25, 0.3) is 0 Å². The molecular formula is C16H15FN2O. The molecule has 0 aliphatic carbocycles. The number of benzene rings is 2. The molecule has 0 amide bonds. The quantitative estimate of drug-likeness (QED) is 0.928. The van der Waals surface area contributed by atoms with Gasteiger partial charge in [0, 0.05) is 11.6 Å². The molecule has 2 unspecified atom stereocenters. The lowest BCUT2D eigenvalue weighted by Crippen LogP contribution is -2.29. The molecular weight excluding hydrogens is 255 g/mol. The molecule has 0 saturated heterocycles. The molecule has 3 nitrogen and oxygen atoms in total. The van der Waals surface area contributed by atoms with Crippen LogP contribution in [-0.4, -0.2) is 6.04 Å². The van der Waals surface area contributed by atoms with Crippen LogP contribution in [0.1, 0.15) is 24.2 Å². The Hall–Kier alpha value is -2.38. The fourth-order valence-electron chi connectivity index (χ4n) is 1.91. The molecule has 0 saturated carbocycles. The van der Waals surface area contributed by atoms with Gasteiger partial charge in [-0.3, -0.25) is 0 Å². The lowest BCUT2D eigenvalue weighted by molar-refractivity contribution is 0.176. The van der Waals surface area contributed by atoms with Crippen molar-refractivity contribution in [3.05, 3.63) is 65.5 Å². The van der Waals surface area contributed by atoms with E-state index in [-0.39, 0.29) is 11.9 Å². The number of ether oxygens (including phenoxy) is 1. The second-order valence-electron chi connectivity index (χ2n) is 4.56. The predicted molar refractivity (Wildman–Crippen MR) is 74.6 cm³/mol. The van der Waals surface area contributed by atoms with Gasteiger partial charge in [0.05, 0.1) is 11.6 Å². The Morgan fingerprint density at radius 3 is 2.35 bits per heavy atom. The summed E-state index contributed by atoms with van der Waals surface area (Å²) in [6.45, 7) is 1.76. The zero-order valence-electron chi connectivity index (χ0n) is 11.1. The van der Waals surface area contributed by atoms with Gasteiger partial charge in [0.15, 0.2) is 0 Å². The van der Waals surface area contributed by atoms with Gasteiger partial charge < -0.3 is 10.5 Å². The van der Waals surface area contributed by atoms with Crippen LogP contribution < -0.4 is 10.5 Å². The second kappa shape index (κ2) is 6.18. The molecule has 102 valence electrons. The van der Waals surface area contributed by atoms with Crippen LogP contribution in [0.4, 0.5) is 4.39 Å².